The number of halogens is 5. The van der Waals surface area contributed by atoms with Gasteiger partial charge < -0.3 is 0 Å². The van der Waals surface area contributed by atoms with Gasteiger partial charge in [0.25, 0.3) is 5.78 Å². The molecule has 0 aliphatic rings. The summed E-state index contributed by atoms with van der Waals surface area (Å²) in [6.45, 7) is -0.0399. The van der Waals surface area contributed by atoms with Gasteiger partial charge in [0.2, 0.25) is 0 Å². The third kappa shape index (κ3) is 3.16. The number of benzene rings is 1. The Morgan fingerprint density at radius 2 is 2.05 bits per heavy atom. The predicted octanol–water partition coefficient (Wildman–Crippen LogP) is 3.47. The zero-order valence-electron chi connectivity index (χ0n) is 9.79. The molecule has 0 N–H and O–H groups in total. The lowest BCUT2D eigenvalue weighted by Gasteiger charge is -2.05. The normalized spacial score (nSPS) is 11.7. The van der Waals surface area contributed by atoms with Gasteiger partial charge in [-0.15, -0.1) is 0 Å². The summed E-state index contributed by atoms with van der Waals surface area (Å²) >= 11 is 5.83. The second-order valence-electron chi connectivity index (χ2n) is 3.99. The van der Waals surface area contributed by atoms with Crippen LogP contribution in [0.1, 0.15) is 15.9 Å². The molecule has 0 atom stereocenters. The molecule has 0 saturated heterocycles. The maximum absolute atomic E-state index is 13.0. The quantitative estimate of drug-likeness (QED) is 0.643. The van der Waals surface area contributed by atoms with Gasteiger partial charge in [0.15, 0.2) is 0 Å². The number of carbonyl (C=O) groups excluding carboxylic acids is 1. The molecule has 0 aliphatic carbocycles. The van der Waals surface area contributed by atoms with Crippen LogP contribution in [0.25, 0.3) is 0 Å². The topological polar surface area (TPSA) is 34.9 Å². The fourth-order valence-corrected chi connectivity index (χ4v) is 1.75. The van der Waals surface area contributed by atoms with Crippen molar-refractivity contribution >= 4 is 17.4 Å². The summed E-state index contributed by atoms with van der Waals surface area (Å²) in [5, 5.41) is 3.89. The first kappa shape index (κ1) is 14.5. The number of hydrogen-bond acceptors (Lipinski definition) is 2. The zero-order chi connectivity index (χ0) is 14.9. The largest absolute Gasteiger partial charge is 0.454 e. The molecule has 0 radical (unpaired) electrons. The molecule has 1 aromatic heterocycles. The lowest BCUT2D eigenvalue weighted by molar-refractivity contribution is -0.0885. The minimum Gasteiger partial charge on any atom is -0.284 e. The van der Waals surface area contributed by atoms with Crippen molar-refractivity contribution in [2.45, 2.75) is 12.7 Å². The molecule has 3 nitrogen and oxygen atoms in total. The van der Waals surface area contributed by atoms with E-state index in [1.807, 2.05) is 0 Å². The monoisotopic (exact) mass is 306 g/mol. The smallest absolute Gasteiger partial charge is 0.284 e. The van der Waals surface area contributed by atoms with E-state index in [1.54, 1.807) is 0 Å². The van der Waals surface area contributed by atoms with Gasteiger partial charge in [0.1, 0.15) is 5.82 Å². The van der Waals surface area contributed by atoms with Crippen molar-refractivity contribution in [1.29, 1.82) is 0 Å². The Morgan fingerprint density at radius 3 is 2.70 bits per heavy atom. The van der Waals surface area contributed by atoms with Crippen LogP contribution in [-0.4, -0.2) is 21.7 Å². The molecule has 0 aliphatic heterocycles. The number of hydrogen-bond donors (Lipinski definition) is 0. The van der Waals surface area contributed by atoms with Crippen molar-refractivity contribution in [3.8, 4) is 0 Å². The number of ketones is 1. The number of rotatable bonds is 3. The van der Waals surface area contributed by atoms with Gasteiger partial charge in [0.05, 0.1) is 18.3 Å². The van der Waals surface area contributed by atoms with Crippen LogP contribution < -0.4 is 0 Å². The molecule has 0 bridgehead atoms. The molecular weight excluding hydrogens is 300 g/mol. The van der Waals surface area contributed by atoms with Gasteiger partial charge in [-0.05, 0) is 23.8 Å². The Hall–Kier alpha value is -1.89. The van der Waals surface area contributed by atoms with E-state index >= 15 is 0 Å². The highest BCUT2D eigenvalue weighted by Gasteiger charge is 2.39. The fourth-order valence-electron chi connectivity index (χ4n) is 1.57. The first-order valence-corrected chi connectivity index (χ1v) is 5.73. The zero-order valence-corrected chi connectivity index (χ0v) is 10.5. The number of aromatic nitrogens is 2. The van der Waals surface area contributed by atoms with E-state index in [1.165, 1.54) is 6.07 Å². The lowest BCUT2D eigenvalue weighted by Crippen LogP contribution is -2.22. The Bertz CT molecular complexity index is 651. The fraction of sp³-hybridized carbons (Fsp3) is 0.167. The number of carbonyl (C=O) groups is 1. The summed E-state index contributed by atoms with van der Waals surface area (Å²) in [5.41, 5.74) is -0.231. The minimum absolute atomic E-state index is 0.0399. The summed E-state index contributed by atoms with van der Waals surface area (Å²) in [7, 11) is 0. The van der Waals surface area contributed by atoms with Crippen LogP contribution in [0.4, 0.5) is 17.6 Å². The molecule has 8 heteroatoms. The Kier molecular flexibility index (Phi) is 3.80. The minimum atomic E-state index is -4.95. The number of Topliss-reactive ketones (excluding diaryl/α,β-unsaturated/α-hetero) is 1. The second kappa shape index (κ2) is 5.24. The van der Waals surface area contributed by atoms with Gasteiger partial charge in [0, 0.05) is 11.2 Å². The summed E-state index contributed by atoms with van der Waals surface area (Å²) in [5.74, 6) is -2.50. The predicted molar refractivity (Wildman–Crippen MR) is 63.1 cm³/mol. The first-order valence-electron chi connectivity index (χ1n) is 5.35. The molecule has 0 fully saturated rings. The van der Waals surface area contributed by atoms with E-state index in [4.69, 9.17) is 11.6 Å². The maximum Gasteiger partial charge on any atom is 0.454 e. The van der Waals surface area contributed by atoms with Crippen molar-refractivity contribution < 1.29 is 22.4 Å². The highest BCUT2D eigenvalue weighted by atomic mass is 35.5. The molecule has 1 heterocycles. The van der Waals surface area contributed by atoms with E-state index in [0.29, 0.717) is 5.56 Å². The van der Waals surface area contributed by atoms with Crippen LogP contribution >= 0.6 is 11.6 Å². The lowest BCUT2D eigenvalue weighted by atomic mass is 10.2. The Balaban J connectivity index is 2.22. The Morgan fingerprint density at radius 1 is 1.35 bits per heavy atom. The van der Waals surface area contributed by atoms with Crippen LogP contribution in [0.15, 0.2) is 30.6 Å². The van der Waals surface area contributed by atoms with Gasteiger partial charge in [-0.2, -0.15) is 18.3 Å². The molecule has 0 saturated carbocycles. The van der Waals surface area contributed by atoms with Gasteiger partial charge in [-0.25, -0.2) is 4.39 Å². The van der Waals surface area contributed by atoms with E-state index in [9.17, 15) is 22.4 Å². The van der Waals surface area contributed by atoms with Crippen LogP contribution in [0.3, 0.4) is 0 Å². The van der Waals surface area contributed by atoms with E-state index in [0.717, 1.165) is 29.2 Å². The summed E-state index contributed by atoms with van der Waals surface area (Å²) in [6.07, 6.45) is -3.20. The van der Waals surface area contributed by atoms with E-state index < -0.39 is 23.3 Å². The molecule has 2 rings (SSSR count). The van der Waals surface area contributed by atoms with E-state index in [2.05, 4.69) is 5.10 Å². The van der Waals surface area contributed by atoms with Gasteiger partial charge >= 0.3 is 6.18 Å². The van der Waals surface area contributed by atoms with Crippen LogP contribution in [0.5, 0.6) is 0 Å². The molecule has 1 aromatic carbocycles. The van der Waals surface area contributed by atoms with Crippen molar-refractivity contribution in [3.05, 3.63) is 52.6 Å². The van der Waals surface area contributed by atoms with Crippen molar-refractivity contribution in [2.75, 3.05) is 0 Å². The molecular formula is C12H7ClF4N2O. The van der Waals surface area contributed by atoms with Gasteiger partial charge in [-0.3, -0.25) is 9.48 Å². The second-order valence-corrected chi connectivity index (χ2v) is 4.40. The summed E-state index contributed by atoms with van der Waals surface area (Å²) < 4.78 is 50.8. The Labute approximate surface area is 115 Å². The van der Waals surface area contributed by atoms with Crippen molar-refractivity contribution in [2.24, 2.45) is 0 Å². The van der Waals surface area contributed by atoms with Crippen LogP contribution in [0, 0.1) is 5.82 Å². The molecule has 0 unspecified atom stereocenters. The SMILES string of the molecule is O=C(c1cnn(Cc2cc(F)ccc2Cl)c1)C(F)(F)F. The highest BCUT2D eigenvalue weighted by Crippen LogP contribution is 2.22. The van der Waals surface area contributed by atoms with E-state index in [-0.39, 0.29) is 11.6 Å². The summed E-state index contributed by atoms with van der Waals surface area (Å²) in [6, 6.07) is 3.64. The third-order valence-electron chi connectivity index (χ3n) is 2.49. The molecule has 106 valence electrons. The van der Waals surface area contributed by atoms with Crippen molar-refractivity contribution in [1.82, 2.24) is 9.78 Å². The maximum atomic E-state index is 13.0. The average Bonchev–Trinajstić information content (AvgIpc) is 2.80. The standard InChI is InChI=1S/C12H7ClF4N2O/c13-10-2-1-9(14)3-7(10)5-19-6-8(4-18-19)11(20)12(15,16)17/h1-4,6H,5H2. The highest BCUT2D eigenvalue weighted by molar-refractivity contribution is 6.31. The third-order valence-corrected chi connectivity index (χ3v) is 2.86. The van der Waals surface area contributed by atoms with Crippen LogP contribution in [-0.2, 0) is 6.54 Å². The number of alkyl halides is 3. The van der Waals surface area contributed by atoms with Gasteiger partial charge in [-0.1, -0.05) is 11.6 Å². The summed E-state index contributed by atoms with van der Waals surface area (Å²) in [4.78, 5) is 11.0. The number of nitrogens with zero attached hydrogens (tertiary/aromatic N) is 2. The molecule has 0 amide bonds. The molecule has 0 spiro atoms. The molecule has 20 heavy (non-hydrogen) atoms. The average molecular weight is 307 g/mol. The van der Waals surface area contributed by atoms with Crippen molar-refractivity contribution in [3.63, 3.8) is 0 Å². The first-order chi connectivity index (χ1) is 9.27. The molecule has 2 aromatic rings. The van der Waals surface area contributed by atoms with Crippen LogP contribution in [0.2, 0.25) is 5.02 Å².